The zero-order valence-corrected chi connectivity index (χ0v) is 12.5. The number of thiol groups is 1. The molecule has 18 heavy (non-hydrogen) atoms. The fraction of sp³-hybridized carbons (Fsp3) is 0.909. The summed E-state index contributed by atoms with van der Waals surface area (Å²) in [5.41, 5.74) is -0.437. The van der Waals surface area contributed by atoms with Gasteiger partial charge in [0.15, 0.2) is 0 Å². The Kier molecular flexibility index (Phi) is 13.1. The molecule has 0 bridgehead atoms. The largest absolute Gasteiger partial charge is 0.444 e. The van der Waals surface area contributed by atoms with Gasteiger partial charge in [-0.3, -0.25) is 0 Å². The van der Waals surface area contributed by atoms with Crippen molar-refractivity contribution in [3.8, 4) is 0 Å². The summed E-state index contributed by atoms with van der Waals surface area (Å²) in [6, 6.07) is 0. The van der Waals surface area contributed by atoms with E-state index in [1.165, 1.54) is 0 Å². The second kappa shape index (κ2) is 10.4. The normalized spacial score (nSPS) is 15.6. The van der Waals surface area contributed by atoms with E-state index in [9.17, 15) is 9.90 Å². The highest BCUT2D eigenvalue weighted by atomic mass is 32.1. The summed E-state index contributed by atoms with van der Waals surface area (Å²) in [4.78, 5) is 13.2. The molecule has 0 aromatic heterocycles. The molecule has 6 nitrogen and oxygen atoms in total. The minimum Gasteiger partial charge on any atom is -0.444 e. The van der Waals surface area contributed by atoms with E-state index in [4.69, 9.17) is 4.74 Å². The van der Waals surface area contributed by atoms with Gasteiger partial charge in [-0.05, 0) is 39.9 Å². The third-order valence-electron chi connectivity index (χ3n) is 2.12. The van der Waals surface area contributed by atoms with Crippen LogP contribution in [0, 0.1) is 0 Å². The highest BCUT2D eigenvalue weighted by Crippen LogP contribution is 2.14. The Labute approximate surface area is 114 Å². The van der Waals surface area contributed by atoms with Gasteiger partial charge in [0.2, 0.25) is 0 Å². The van der Waals surface area contributed by atoms with E-state index in [1.54, 1.807) is 11.2 Å². The number of carbonyl (C=O) groups excluding carboxylic acids is 1. The zero-order chi connectivity index (χ0) is 12.8. The number of nitrogens with zero attached hydrogens (tertiary/aromatic N) is 1. The smallest absolute Gasteiger partial charge is 0.410 e. The van der Waals surface area contributed by atoms with Crippen molar-refractivity contribution >= 4 is 18.7 Å². The monoisotopic (exact) mass is 285 g/mol. The number of ether oxygens (including phenoxy) is 1. The molecule has 0 unspecified atom stereocenters. The molecule has 0 radical (unpaired) electrons. The average Bonchev–Trinajstić information content (AvgIpc) is 2.19. The molecule has 112 valence electrons. The Morgan fingerprint density at radius 2 is 1.61 bits per heavy atom. The van der Waals surface area contributed by atoms with E-state index < -0.39 is 5.60 Å². The van der Waals surface area contributed by atoms with E-state index in [2.05, 4.69) is 12.6 Å². The number of likely N-dealkylation sites (tertiary alicyclic amines) is 1. The standard InChI is InChI=1S/C10H19NO3.CH4S.2H2O/c1-10(2,3)14-9(13)11-6-4-8(12)5-7-11;1-2;;/h8,12H,4-7H2,1-3H3;2H,1H3;2*1H2. The summed E-state index contributed by atoms with van der Waals surface area (Å²) in [6.07, 6.45) is 2.47. The van der Waals surface area contributed by atoms with Crippen molar-refractivity contribution in [2.24, 2.45) is 0 Å². The predicted octanol–water partition coefficient (Wildman–Crippen LogP) is 0.275. The number of piperidine rings is 1. The zero-order valence-electron chi connectivity index (χ0n) is 11.6. The first kappa shape index (κ1) is 22.7. The molecule has 0 saturated carbocycles. The van der Waals surface area contributed by atoms with Crippen LogP contribution in [0.25, 0.3) is 0 Å². The Hall–Kier alpha value is -0.500. The third-order valence-corrected chi connectivity index (χ3v) is 2.12. The van der Waals surface area contributed by atoms with Crippen molar-refractivity contribution in [1.82, 2.24) is 4.90 Å². The van der Waals surface area contributed by atoms with Gasteiger partial charge in [-0.15, -0.1) is 0 Å². The SMILES string of the molecule is CC(C)(C)OC(=O)N1CCC(O)CC1.CS.O.O. The second-order valence-electron chi connectivity index (χ2n) is 4.70. The van der Waals surface area contributed by atoms with E-state index in [0.717, 1.165) is 0 Å². The number of amides is 1. The molecule has 0 aromatic carbocycles. The first-order chi connectivity index (χ1) is 7.38. The molecular weight excluding hydrogens is 258 g/mol. The Bertz CT molecular complexity index is 212. The van der Waals surface area contributed by atoms with Crippen molar-refractivity contribution in [3.05, 3.63) is 0 Å². The van der Waals surface area contributed by atoms with Crippen LogP contribution in [0.3, 0.4) is 0 Å². The molecule has 1 rings (SSSR count). The fourth-order valence-corrected chi connectivity index (χ4v) is 1.37. The first-order valence-corrected chi connectivity index (χ1v) is 6.38. The summed E-state index contributed by atoms with van der Waals surface area (Å²) >= 11 is 3.53. The molecule has 1 aliphatic heterocycles. The minimum absolute atomic E-state index is 0. The van der Waals surface area contributed by atoms with E-state index in [0.29, 0.717) is 25.9 Å². The Morgan fingerprint density at radius 3 is 1.94 bits per heavy atom. The summed E-state index contributed by atoms with van der Waals surface area (Å²) in [6.45, 7) is 6.74. The van der Waals surface area contributed by atoms with E-state index >= 15 is 0 Å². The Morgan fingerprint density at radius 1 is 1.22 bits per heavy atom. The van der Waals surface area contributed by atoms with Crippen molar-refractivity contribution in [3.63, 3.8) is 0 Å². The van der Waals surface area contributed by atoms with Gasteiger partial charge in [-0.1, -0.05) is 0 Å². The van der Waals surface area contributed by atoms with Gasteiger partial charge >= 0.3 is 6.09 Å². The summed E-state index contributed by atoms with van der Waals surface area (Å²) in [7, 11) is 0. The lowest BCUT2D eigenvalue weighted by atomic mass is 10.1. The van der Waals surface area contributed by atoms with Crippen molar-refractivity contribution in [1.29, 1.82) is 0 Å². The molecule has 0 aromatic rings. The van der Waals surface area contributed by atoms with Gasteiger partial charge in [0.25, 0.3) is 0 Å². The van der Waals surface area contributed by atoms with Crippen LogP contribution in [0.1, 0.15) is 33.6 Å². The minimum atomic E-state index is -0.437. The van der Waals surface area contributed by atoms with Gasteiger partial charge in [0.05, 0.1) is 6.10 Å². The number of rotatable bonds is 0. The lowest BCUT2D eigenvalue weighted by Crippen LogP contribution is -2.42. The maximum Gasteiger partial charge on any atom is 0.410 e. The van der Waals surface area contributed by atoms with Gasteiger partial charge in [-0.2, -0.15) is 12.6 Å². The van der Waals surface area contributed by atoms with Crippen molar-refractivity contribution < 1.29 is 25.6 Å². The van der Waals surface area contributed by atoms with Gasteiger partial charge < -0.3 is 25.7 Å². The van der Waals surface area contributed by atoms with Crippen LogP contribution in [0.2, 0.25) is 0 Å². The molecule has 1 fully saturated rings. The molecule has 1 saturated heterocycles. The second-order valence-corrected chi connectivity index (χ2v) is 4.70. The number of aliphatic hydroxyl groups excluding tert-OH is 1. The van der Waals surface area contributed by atoms with E-state index in [-0.39, 0.29) is 23.1 Å². The number of carbonyl (C=O) groups is 1. The van der Waals surface area contributed by atoms with Crippen LogP contribution in [0.5, 0.6) is 0 Å². The van der Waals surface area contributed by atoms with Crippen LogP contribution in [-0.2, 0) is 4.74 Å². The summed E-state index contributed by atoms with van der Waals surface area (Å²) in [5.74, 6) is 0. The number of hydrogen-bond donors (Lipinski definition) is 2. The molecule has 1 heterocycles. The number of aliphatic hydroxyl groups is 1. The van der Waals surface area contributed by atoms with Gasteiger partial charge in [-0.25, -0.2) is 4.79 Å². The number of hydrogen-bond acceptors (Lipinski definition) is 4. The average molecular weight is 285 g/mol. The van der Waals surface area contributed by atoms with Crippen LogP contribution in [-0.4, -0.2) is 58.1 Å². The van der Waals surface area contributed by atoms with E-state index in [1.807, 2.05) is 20.8 Å². The van der Waals surface area contributed by atoms with Crippen LogP contribution >= 0.6 is 12.6 Å². The quantitative estimate of drug-likeness (QED) is 0.623. The third kappa shape index (κ3) is 9.52. The topological polar surface area (TPSA) is 113 Å². The summed E-state index contributed by atoms with van der Waals surface area (Å²) < 4.78 is 5.22. The lowest BCUT2D eigenvalue weighted by molar-refractivity contribution is 0.0101. The van der Waals surface area contributed by atoms with Crippen LogP contribution in [0.4, 0.5) is 4.79 Å². The molecule has 0 atom stereocenters. The fourth-order valence-electron chi connectivity index (χ4n) is 1.37. The molecule has 1 amide bonds. The van der Waals surface area contributed by atoms with Gasteiger partial charge in [0, 0.05) is 13.1 Å². The molecule has 1 aliphatic rings. The molecule has 7 heteroatoms. The first-order valence-electron chi connectivity index (χ1n) is 5.49. The van der Waals surface area contributed by atoms with Crippen molar-refractivity contribution in [2.45, 2.75) is 45.3 Å². The van der Waals surface area contributed by atoms with Crippen LogP contribution < -0.4 is 0 Å². The van der Waals surface area contributed by atoms with Crippen LogP contribution in [0.15, 0.2) is 0 Å². The summed E-state index contributed by atoms with van der Waals surface area (Å²) in [5, 5.41) is 9.26. The van der Waals surface area contributed by atoms with Gasteiger partial charge in [0.1, 0.15) is 5.60 Å². The maximum absolute atomic E-state index is 11.5. The Balaban J connectivity index is -0.000000534. The molecule has 0 aliphatic carbocycles. The van der Waals surface area contributed by atoms with Crippen molar-refractivity contribution in [2.75, 3.05) is 19.3 Å². The predicted molar refractivity (Wildman–Crippen MR) is 75.2 cm³/mol. The highest BCUT2D eigenvalue weighted by Gasteiger charge is 2.25. The molecule has 0 spiro atoms. The lowest BCUT2D eigenvalue weighted by Gasteiger charge is -2.31. The molecular formula is C11H27NO5S. The molecule has 5 N–H and O–H groups in total. The maximum atomic E-state index is 11.5. The highest BCUT2D eigenvalue weighted by molar-refractivity contribution is 7.79.